The van der Waals surface area contributed by atoms with Gasteiger partial charge in [0, 0.05) is 22.9 Å². The van der Waals surface area contributed by atoms with Crippen molar-refractivity contribution in [1.29, 1.82) is 0 Å². The molecule has 0 saturated heterocycles. The van der Waals surface area contributed by atoms with Crippen LogP contribution in [0.15, 0.2) is 24.3 Å². The molecule has 2 aromatic rings. The molecule has 1 aromatic heterocycles. The summed E-state index contributed by atoms with van der Waals surface area (Å²) in [5.74, 6) is 0.305. The number of aromatic nitrogens is 1. The Labute approximate surface area is 131 Å². The summed E-state index contributed by atoms with van der Waals surface area (Å²) in [5.41, 5.74) is 2.39. The minimum absolute atomic E-state index is 0.102. The van der Waals surface area contributed by atoms with Crippen LogP contribution in [0.1, 0.15) is 54.9 Å². The summed E-state index contributed by atoms with van der Waals surface area (Å²) in [6.45, 7) is 11.6. The zero-order valence-corrected chi connectivity index (χ0v) is 14.2. The summed E-state index contributed by atoms with van der Waals surface area (Å²) in [6, 6.07) is 7.59. The topological polar surface area (TPSA) is 45.2 Å². The molecule has 3 nitrogen and oxygen atoms in total. The Morgan fingerprint density at radius 2 is 1.86 bits per heavy atom. The van der Waals surface area contributed by atoms with E-state index < -0.39 is 0 Å². The molecule has 0 amide bonds. The van der Waals surface area contributed by atoms with Crippen molar-refractivity contribution in [2.24, 2.45) is 0 Å². The second-order valence-corrected chi connectivity index (χ2v) is 7.52. The van der Waals surface area contributed by atoms with Crippen LogP contribution in [0.2, 0.25) is 0 Å². The van der Waals surface area contributed by atoms with E-state index in [1.807, 2.05) is 12.1 Å². The van der Waals surface area contributed by atoms with Crippen molar-refractivity contribution in [1.82, 2.24) is 10.3 Å². The Hall–Kier alpha value is -1.39. The number of phenolic OH excluding ortho intramolecular Hbond substituents is 1. The summed E-state index contributed by atoms with van der Waals surface area (Å²) in [5, 5.41) is 14.0. The summed E-state index contributed by atoms with van der Waals surface area (Å²) in [6.07, 6.45) is 0. The van der Waals surface area contributed by atoms with Gasteiger partial charge in [0.15, 0.2) is 0 Å². The van der Waals surface area contributed by atoms with Gasteiger partial charge in [-0.3, -0.25) is 0 Å². The van der Waals surface area contributed by atoms with E-state index in [0.29, 0.717) is 5.75 Å². The lowest BCUT2D eigenvalue weighted by Gasteiger charge is -2.14. The van der Waals surface area contributed by atoms with Crippen molar-refractivity contribution in [2.75, 3.05) is 0 Å². The standard InChI is InChI=1S/C17H24N2OS/c1-11(18-10-13-6-8-14(20)9-7-13)15-12(2)19-16(21-15)17(3,4)5/h6-9,11,18,20H,10H2,1-5H3. The van der Waals surface area contributed by atoms with Gasteiger partial charge < -0.3 is 10.4 Å². The van der Waals surface area contributed by atoms with E-state index in [1.165, 1.54) is 9.88 Å². The van der Waals surface area contributed by atoms with Crippen LogP contribution in [0.3, 0.4) is 0 Å². The maximum absolute atomic E-state index is 9.30. The molecule has 0 radical (unpaired) electrons. The lowest BCUT2D eigenvalue weighted by atomic mass is 9.98. The molecule has 1 aromatic carbocycles. The van der Waals surface area contributed by atoms with Gasteiger partial charge in [-0.15, -0.1) is 11.3 Å². The molecule has 0 bridgehead atoms. The van der Waals surface area contributed by atoms with E-state index in [1.54, 1.807) is 23.5 Å². The molecule has 0 aliphatic carbocycles. The molecule has 0 spiro atoms. The number of rotatable bonds is 4. The molecule has 4 heteroatoms. The van der Waals surface area contributed by atoms with Crippen LogP contribution in [0.25, 0.3) is 0 Å². The largest absolute Gasteiger partial charge is 0.508 e. The van der Waals surface area contributed by atoms with Gasteiger partial charge in [0.25, 0.3) is 0 Å². The van der Waals surface area contributed by atoms with Crippen molar-refractivity contribution in [2.45, 2.75) is 52.6 Å². The molecular formula is C17H24N2OS. The highest BCUT2D eigenvalue weighted by Gasteiger charge is 2.22. The fourth-order valence-electron chi connectivity index (χ4n) is 2.11. The predicted octanol–water partition coefficient (Wildman–Crippen LogP) is 4.31. The smallest absolute Gasteiger partial charge is 0.115 e. The third-order valence-corrected chi connectivity index (χ3v) is 5.18. The van der Waals surface area contributed by atoms with Gasteiger partial charge in [-0.05, 0) is 31.5 Å². The lowest BCUT2D eigenvalue weighted by Crippen LogP contribution is -2.17. The highest BCUT2D eigenvalue weighted by atomic mass is 32.1. The zero-order chi connectivity index (χ0) is 15.6. The first-order chi connectivity index (χ1) is 9.77. The van der Waals surface area contributed by atoms with Gasteiger partial charge in [-0.25, -0.2) is 4.98 Å². The van der Waals surface area contributed by atoms with Gasteiger partial charge >= 0.3 is 0 Å². The molecule has 0 saturated carbocycles. The van der Waals surface area contributed by atoms with Gasteiger partial charge in [-0.1, -0.05) is 32.9 Å². The molecule has 2 rings (SSSR count). The highest BCUT2D eigenvalue weighted by Crippen LogP contribution is 2.32. The number of thiazole rings is 1. The van der Waals surface area contributed by atoms with Gasteiger partial charge in [0.2, 0.25) is 0 Å². The molecule has 1 heterocycles. The van der Waals surface area contributed by atoms with Crippen LogP contribution in [0.5, 0.6) is 5.75 Å². The first kappa shape index (κ1) is 16.0. The minimum atomic E-state index is 0.102. The third-order valence-electron chi connectivity index (χ3n) is 3.42. The number of aromatic hydroxyl groups is 1. The Balaban J connectivity index is 2.05. The van der Waals surface area contributed by atoms with Gasteiger partial charge in [0.1, 0.15) is 5.75 Å². The quantitative estimate of drug-likeness (QED) is 0.885. The fraction of sp³-hybridized carbons (Fsp3) is 0.471. The van der Waals surface area contributed by atoms with Crippen LogP contribution < -0.4 is 5.32 Å². The van der Waals surface area contributed by atoms with Gasteiger partial charge in [0.05, 0.1) is 10.7 Å². The number of hydrogen-bond acceptors (Lipinski definition) is 4. The normalized spacial score (nSPS) is 13.4. The fourth-order valence-corrected chi connectivity index (χ4v) is 3.26. The summed E-state index contributed by atoms with van der Waals surface area (Å²) < 4.78 is 0. The summed E-state index contributed by atoms with van der Waals surface area (Å²) >= 11 is 1.80. The van der Waals surface area contributed by atoms with Crippen LogP contribution >= 0.6 is 11.3 Å². The van der Waals surface area contributed by atoms with Crippen LogP contribution in [0.4, 0.5) is 0 Å². The summed E-state index contributed by atoms with van der Waals surface area (Å²) in [7, 11) is 0. The van der Waals surface area contributed by atoms with E-state index >= 15 is 0 Å². The van der Waals surface area contributed by atoms with Crippen LogP contribution in [0, 0.1) is 6.92 Å². The molecule has 1 atom stereocenters. The SMILES string of the molecule is Cc1nc(C(C)(C)C)sc1C(C)NCc1ccc(O)cc1. The molecule has 2 N–H and O–H groups in total. The minimum Gasteiger partial charge on any atom is -0.508 e. The van der Waals surface area contributed by atoms with Crippen molar-refractivity contribution in [3.05, 3.63) is 45.4 Å². The zero-order valence-electron chi connectivity index (χ0n) is 13.4. The van der Waals surface area contributed by atoms with Gasteiger partial charge in [-0.2, -0.15) is 0 Å². The van der Waals surface area contributed by atoms with Crippen LogP contribution in [-0.2, 0) is 12.0 Å². The Morgan fingerprint density at radius 3 is 2.38 bits per heavy atom. The Bertz CT molecular complexity index is 596. The average molecular weight is 304 g/mol. The van der Waals surface area contributed by atoms with Crippen molar-refractivity contribution >= 4 is 11.3 Å². The molecule has 0 aliphatic rings. The monoisotopic (exact) mass is 304 g/mol. The summed E-state index contributed by atoms with van der Waals surface area (Å²) in [4.78, 5) is 6.02. The second-order valence-electron chi connectivity index (χ2n) is 6.49. The first-order valence-corrected chi connectivity index (χ1v) is 8.08. The van der Waals surface area contributed by atoms with Crippen molar-refractivity contribution in [3.63, 3.8) is 0 Å². The van der Waals surface area contributed by atoms with E-state index in [2.05, 4.69) is 39.9 Å². The second kappa shape index (κ2) is 6.16. The van der Waals surface area contributed by atoms with Crippen molar-refractivity contribution in [3.8, 4) is 5.75 Å². The molecule has 21 heavy (non-hydrogen) atoms. The molecular weight excluding hydrogens is 280 g/mol. The van der Waals surface area contributed by atoms with Crippen molar-refractivity contribution < 1.29 is 5.11 Å². The highest BCUT2D eigenvalue weighted by molar-refractivity contribution is 7.12. The maximum atomic E-state index is 9.30. The van der Waals surface area contributed by atoms with E-state index in [-0.39, 0.29) is 11.5 Å². The number of nitrogens with one attached hydrogen (secondary N) is 1. The average Bonchev–Trinajstić information content (AvgIpc) is 2.80. The Morgan fingerprint density at radius 1 is 1.24 bits per heavy atom. The van der Waals surface area contributed by atoms with Crippen LogP contribution in [-0.4, -0.2) is 10.1 Å². The third kappa shape index (κ3) is 4.05. The number of phenols is 1. The van der Waals surface area contributed by atoms with E-state index in [9.17, 15) is 5.11 Å². The molecule has 0 aliphatic heterocycles. The maximum Gasteiger partial charge on any atom is 0.115 e. The predicted molar refractivity (Wildman–Crippen MR) is 88.9 cm³/mol. The number of nitrogens with zero attached hydrogens (tertiary/aromatic N) is 1. The molecule has 1 unspecified atom stereocenters. The van der Waals surface area contributed by atoms with E-state index in [0.717, 1.165) is 17.8 Å². The molecule has 114 valence electrons. The lowest BCUT2D eigenvalue weighted by molar-refractivity contribution is 0.474. The number of aryl methyl sites for hydroxylation is 1. The number of benzene rings is 1. The number of hydrogen-bond donors (Lipinski definition) is 2. The van der Waals surface area contributed by atoms with E-state index in [4.69, 9.17) is 4.98 Å². The molecule has 0 fully saturated rings. The first-order valence-electron chi connectivity index (χ1n) is 7.26. The Kier molecular flexibility index (Phi) is 4.69.